The van der Waals surface area contributed by atoms with E-state index in [1.807, 2.05) is 0 Å². The maximum atomic E-state index is 11.5. The molecular formula is C11H22N2O3S. The first-order valence-electron chi connectivity index (χ1n) is 6.35. The van der Waals surface area contributed by atoms with Crippen molar-refractivity contribution < 1.29 is 13.5 Å². The van der Waals surface area contributed by atoms with Gasteiger partial charge >= 0.3 is 0 Å². The third-order valence-corrected chi connectivity index (χ3v) is 5.42. The number of nitrogens with one attached hydrogen (secondary N) is 1. The van der Waals surface area contributed by atoms with E-state index in [0.29, 0.717) is 25.3 Å². The van der Waals surface area contributed by atoms with Crippen LogP contribution in [0.25, 0.3) is 0 Å². The summed E-state index contributed by atoms with van der Waals surface area (Å²) in [5.74, 6) is 0.533. The zero-order valence-electron chi connectivity index (χ0n) is 10.2. The molecule has 0 atom stereocenters. The number of nitrogens with zero attached hydrogens (tertiary/aromatic N) is 1. The van der Waals surface area contributed by atoms with Gasteiger partial charge < -0.3 is 10.4 Å². The molecule has 0 radical (unpaired) electrons. The van der Waals surface area contributed by atoms with E-state index in [1.54, 1.807) is 0 Å². The summed E-state index contributed by atoms with van der Waals surface area (Å²) < 4.78 is 23.0. The minimum Gasteiger partial charge on any atom is -0.388 e. The predicted octanol–water partition coefficient (Wildman–Crippen LogP) is -0.779. The van der Waals surface area contributed by atoms with Crippen LogP contribution in [0, 0.1) is 0 Å². The molecule has 0 bridgehead atoms. The van der Waals surface area contributed by atoms with Crippen molar-refractivity contribution in [1.82, 2.24) is 10.2 Å². The van der Waals surface area contributed by atoms with Gasteiger partial charge in [-0.15, -0.1) is 0 Å². The summed E-state index contributed by atoms with van der Waals surface area (Å²) in [5, 5.41) is 13.6. The molecule has 0 spiro atoms. The van der Waals surface area contributed by atoms with Gasteiger partial charge in [-0.05, 0) is 38.9 Å². The van der Waals surface area contributed by atoms with Gasteiger partial charge in [-0.3, -0.25) is 4.90 Å². The Labute approximate surface area is 103 Å². The maximum absolute atomic E-state index is 11.5. The molecule has 2 aliphatic heterocycles. The van der Waals surface area contributed by atoms with Crippen LogP contribution in [0.4, 0.5) is 0 Å². The van der Waals surface area contributed by atoms with Crippen LogP contribution < -0.4 is 5.32 Å². The Bertz CT molecular complexity index is 350. The Morgan fingerprint density at radius 2 is 1.88 bits per heavy atom. The number of sulfone groups is 1. The highest BCUT2D eigenvalue weighted by Gasteiger charge is 2.32. The summed E-state index contributed by atoms with van der Waals surface area (Å²) in [5.41, 5.74) is -0.626. The molecule has 2 N–H and O–H groups in total. The van der Waals surface area contributed by atoms with Crippen LogP contribution in [0.3, 0.4) is 0 Å². The fraction of sp³-hybridized carbons (Fsp3) is 1.00. The minimum absolute atomic E-state index is 0.237. The highest BCUT2D eigenvalue weighted by molar-refractivity contribution is 7.91. The summed E-state index contributed by atoms with van der Waals surface area (Å²) in [7, 11) is -2.85. The molecule has 2 rings (SSSR count). The third kappa shape index (κ3) is 3.91. The fourth-order valence-electron chi connectivity index (χ4n) is 2.61. The van der Waals surface area contributed by atoms with Crippen LogP contribution in [0.1, 0.15) is 19.3 Å². The van der Waals surface area contributed by atoms with Gasteiger partial charge in [0.05, 0.1) is 17.1 Å². The second kappa shape index (κ2) is 5.22. The summed E-state index contributed by atoms with van der Waals surface area (Å²) in [6, 6.07) is 0. The van der Waals surface area contributed by atoms with Crippen LogP contribution in [0.15, 0.2) is 0 Å². The zero-order valence-corrected chi connectivity index (χ0v) is 11.0. The van der Waals surface area contributed by atoms with Crippen molar-refractivity contribution in [3.05, 3.63) is 0 Å². The van der Waals surface area contributed by atoms with E-state index in [0.717, 1.165) is 32.5 Å². The Morgan fingerprint density at radius 3 is 2.59 bits per heavy atom. The van der Waals surface area contributed by atoms with Gasteiger partial charge in [0.2, 0.25) is 0 Å². The van der Waals surface area contributed by atoms with Crippen molar-refractivity contribution in [2.75, 3.05) is 44.2 Å². The van der Waals surface area contributed by atoms with Crippen LogP contribution in [-0.2, 0) is 9.84 Å². The quantitative estimate of drug-likeness (QED) is 0.683. The summed E-state index contributed by atoms with van der Waals surface area (Å²) in [4.78, 5) is 2.11. The van der Waals surface area contributed by atoms with Gasteiger partial charge in [-0.25, -0.2) is 8.42 Å². The molecule has 17 heavy (non-hydrogen) atoms. The van der Waals surface area contributed by atoms with Crippen LogP contribution in [0.5, 0.6) is 0 Å². The Kier molecular flexibility index (Phi) is 4.07. The lowest BCUT2D eigenvalue weighted by molar-refractivity contribution is -0.0192. The molecule has 0 saturated carbocycles. The summed E-state index contributed by atoms with van der Waals surface area (Å²) >= 11 is 0. The second-order valence-corrected chi connectivity index (χ2v) is 7.56. The van der Waals surface area contributed by atoms with Crippen molar-refractivity contribution in [1.29, 1.82) is 0 Å². The molecule has 0 aromatic rings. The van der Waals surface area contributed by atoms with Gasteiger partial charge in [-0.1, -0.05) is 0 Å². The normalized spacial score (nSPS) is 29.7. The highest BCUT2D eigenvalue weighted by Crippen LogP contribution is 2.20. The van der Waals surface area contributed by atoms with E-state index in [9.17, 15) is 13.5 Å². The molecule has 0 aromatic heterocycles. The Morgan fingerprint density at radius 1 is 1.18 bits per heavy atom. The highest BCUT2D eigenvalue weighted by atomic mass is 32.2. The van der Waals surface area contributed by atoms with Gasteiger partial charge in [0, 0.05) is 13.1 Å². The largest absolute Gasteiger partial charge is 0.388 e. The van der Waals surface area contributed by atoms with E-state index in [2.05, 4.69) is 10.2 Å². The maximum Gasteiger partial charge on any atom is 0.151 e. The molecule has 2 aliphatic rings. The average Bonchev–Trinajstić information content (AvgIpc) is 2.41. The molecule has 0 aromatic carbocycles. The topological polar surface area (TPSA) is 69.6 Å². The number of hydrogen-bond donors (Lipinski definition) is 2. The molecule has 100 valence electrons. The van der Waals surface area contributed by atoms with Gasteiger partial charge in [0.25, 0.3) is 0 Å². The third-order valence-electron chi connectivity index (χ3n) is 3.70. The Balaban J connectivity index is 1.90. The van der Waals surface area contributed by atoms with E-state index >= 15 is 0 Å². The van der Waals surface area contributed by atoms with E-state index in [1.165, 1.54) is 0 Å². The number of aliphatic hydroxyl groups is 1. The standard InChI is InChI=1S/C11H22N2O3S/c14-11(2-4-12-5-3-11)10-13-6-1-8-17(15,16)9-7-13/h12,14H,1-10H2. The first kappa shape index (κ1) is 13.3. The SMILES string of the molecule is O=S1(=O)CCCN(CC2(O)CCNCC2)CC1. The molecule has 2 fully saturated rings. The van der Waals surface area contributed by atoms with Gasteiger partial charge in [0.1, 0.15) is 0 Å². The first-order chi connectivity index (χ1) is 7.99. The van der Waals surface area contributed by atoms with Crippen molar-refractivity contribution in [2.24, 2.45) is 0 Å². The number of rotatable bonds is 2. The van der Waals surface area contributed by atoms with Crippen molar-refractivity contribution in [3.63, 3.8) is 0 Å². The van der Waals surface area contributed by atoms with Gasteiger partial charge in [-0.2, -0.15) is 0 Å². The monoisotopic (exact) mass is 262 g/mol. The first-order valence-corrected chi connectivity index (χ1v) is 8.17. The van der Waals surface area contributed by atoms with Crippen molar-refractivity contribution >= 4 is 9.84 Å². The number of β-amino-alcohol motifs (C(OH)–C–C–N with tert-alkyl or cyclic N) is 1. The Hall–Kier alpha value is -0.170. The zero-order chi connectivity index (χ0) is 12.4. The lowest BCUT2D eigenvalue weighted by Gasteiger charge is -2.36. The molecule has 2 saturated heterocycles. The molecule has 0 amide bonds. The van der Waals surface area contributed by atoms with Crippen molar-refractivity contribution in [3.8, 4) is 0 Å². The van der Waals surface area contributed by atoms with E-state index in [4.69, 9.17) is 0 Å². The molecule has 6 heteroatoms. The molecule has 0 aliphatic carbocycles. The lowest BCUT2D eigenvalue weighted by Crippen LogP contribution is -2.50. The fourth-order valence-corrected chi connectivity index (χ4v) is 3.92. The number of hydrogen-bond acceptors (Lipinski definition) is 5. The van der Waals surface area contributed by atoms with Gasteiger partial charge in [0.15, 0.2) is 9.84 Å². The lowest BCUT2D eigenvalue weighted by atomic mass is 9.92. The molecule has 5 nitrogen and oxygen atoms in total. The van der Waals surface area contributed by atoms with Crippen LogP contribution in [0.2, 0.25) is 0 Å². The smallest absolute Gasteiger partial charge is 0.151 e. The molecule has 2 heterocycles. The molecule has 0 unspecified atom stereocenters. The van der Waals surface area contributed by atoms with E-state index in [-0.39, 0.29) is 5.75 Å². The minimum atomic E-state index is -2.85. The van der Waals surface area contributed by atoms with Crippen LogP contribution >= 0.6 is 0 Å². The van der Waals surface area contributed by atoms with E-state index < -0.39 is 15.4 Å². The molecular weight excluding hydrogens is 240 g/mol. The summed E-state index contributed by atoms with van der Waals surface area (Å²) in [6.07, 6.45) is 2.21. The number of piperidine rings is 1. The average molecular weight is 262 g/mol. The summed E-state index contributed by atoms with van der Waals surface area (Å²) in [6.45, 7) is 3.67. The predicted molar refractivity (Wildman–Crippen MR) is 66.8 cm³/mol. The van der Waals surface area contributed by atoms with Crippen LogP contribution in [-0.4, -0.2) is 68.3 Å². The van der Waals surface area contributed by atoms with Crippen molar-refractivity contribution in [2.45, 2.75) is 24.9 Å². The second-order valence-electron chi connectivity index (χ2n) is 5.26.